The minimum absolute atomic E-state index is 0.373. The van der Waals surface area contributed by atoms with E-state index in [0.29, 0.717) is 12.0 Å². The van der Waals surface area contributed by atoms with Crippen LogP contribution >= 0.6 is 0 Å². The smallest absolute Gasteiger partial charge is 0.0419 e. The van der Waals surface area contributed by atoms with Crippen molar-refractivity contribution in [3.05, 3.63) is 30.1 Å². The zero-order valence-electron chi connectivity index (χ0n) is 10.6. The molecular weight excluding hydrogens is 210 g/mol. The fraction of sp³-hybridized carbons (Fsp3) is 0.643. The molecule has 0 spiro atoms. The molecule has 1 aromatic heterocycles. The van der Waals surface area contributed by atoms with Gasteiger partial charge in [-0.2, -0.15) is 0 Å². The van der Waals surface area contributed by atoms with Crippen molar-refractivity contribution in [3.63, 3.8) is 0 Å². The van der Waals surface area contributed by atoms with Crippen LogP contribution in [0.1, 0.15) is 38.3 Å². The van der Waals surface area contributed by atoms with E-state index < -0.39 is 0 Å². The standard InChI is InChI=1S/C14H23N3/c1-11-5-7-12(8-6-11)14(17-15)10-13-4-2-3-9-16-13/h2-4,9,11-12,14,17H,5-8,10,15H2,1H3. The number of nitrogens with one attached hydrogen (secondary N) is 1. The van der Waals surface area contributed by atoms with Crippen molar-refractivity contribution >= 4 is 0 Å². The molecule has 0 aromatic carbocycles. The van der Waals surface area contributed by atoms with Gasteiger partial charge in [0.2, 0.25) is 0 Å². The number of nitrogens with two attached hydrogens (primary N) is 1. The van der Waals surface area contributed by atoms with Gasteiger partial charge in [0.05, 0.1) is 0 Å². The van der Waals surface area contributed by atoms with E-state index in [-0.39, 0.29) is 0 Å². The lowest BCUT2D eigenvalue weighted by molar-refractivity contribution is 0.229. The first-order chi connectivity index (χ1) is 8.29. The second kappa shape index (κ2) is 6.12. The summed E-state index contributed by atoms with van der Waals surface area (Å²) in [4.78, 5) is 4.38. The van der Waals surface area contributed by atoms with Gasteiger partial charge >= 0.3 is 0 Å². The molecule has 17 heavy (non-hydrogen) atoms. The molecule has 1 fully saturated rings. The van der Waals surface area contributed by atoms with Gasteiger partial charge < -0.3 is 0 Å². The van der Waals surface area contributed by atoms with Crippen LogP contribution in [0.15, 0.2) is 24.4 Å². The number of hydrogen-bond donors (Lipinski definition) is 2. The van der Waals surface area contributed by atoms with Crippen molar-refractivity contribution in [2.45, 2.75) is 45.1 Å². The highest BCUT2D eigenvalue weighted by Gasteiger charge is 2.25. The number of rotatable bonds is 4. The van der Waals surface area contributed by atoms with Gasteiger partial charge in [0.25, 0.3) is 0 Å². The summed E-state index contributed by atoms with van der Waals surface area (Å²) >= 11 is 0. The molecule has 0 radical (unpaired) electrons. The summed E-state index contributed by atoms with van der Waals surface area (Å²) in [6, 6.07) is 6.45. The second-order valence-corrected chi connectivity index (χ2v) is 5.32. The lowest BCUT2D eigenvalue weighted by Gasteiger charge is -2.32. The minimum atomic E-state index is 0.373. The summed E-state index contributed by atoms with van der Waals surface area (Å²) in [5.74, 6) is 7.30. The quantitative estimate of drug-likeness (QED) is 0.619. The zero-order chi connectivity index (χ0) is 12.1. The van der Waals surface area contributed by atoms with Crippen LogP contribution in [0.5, 0.6) is 0 Å². The molecule has 1 aliphatic carbocycles. The Balaban J connectivity index is 1.92. The highest BCUT2D eigenvalue weighted by atomic mass is 15.2. The lowest BCUT2D eigenvalue weighted by atomic mass is 9.78. The van der Waals surface area contributed by atoms with E-state index >= 15 is 0 Å². The predicted octanol–water partition coefficient (Wildman–Crippen LogP) is 2.28. The van der Waals surface area contributed by atoms with Crippen molar-refractivity contribution in [1.29, 1.82) is 0 Å². The highest BCUT2D eigenvalue weighted by molar-refractivity contribution is 5.05. The van der Waals surface area contributed by atoms with E-state index in [1.807, 2.05) is 18.3 Å². The largest absolute Gasteiger partial charge is 0.271 e. The van der Waals surface area contributed by atoms with E-state index in [4.69, 9.17) is 5.84 Å². The first-order valence-electron chi connectivity index (χ1n) is 6.65. The molecular formula is C14H23N3. The average molecular weight is 233 g/mol. The van der Waals surface area contributed by atoms with Gasteiger partial charge in [-0.3, -0.25) is 16.3 Å². The summed E-state index contributed by atoms with van der Waals surface area (Å²) in [7, 11) is 0. The van der Waals surface area contributed by atoms with Crippen molar-refractivity contribution in [1.82, 2.24) is 10.4 Å². The second-order valence-electron chi connectivity index (χ2n) is 5.32. The Kier molecular flexibility index (Phi) is 4.51. The Morgan fingerprint density at radius 3 is 2.71 bits per heavy atom. The Labute approximate surface area is 104 Å². The molecule has 3 heteroatoms. The summed E-state index contributed by atoms with van der Waals surface area (Å²) in [6.07, 6.45) is 8.06. The van der Waals surface area contributed by atoms with E-state index in [0.717, 1.165) is 18.0 Å². The van der Waals surface area contributed by atoms with Gasteiger partial charge in [-0.15, -0.1) is 0 Å². The van der Waals surface area contributed by atoms with Gasteiger partial charge in [-0.05, 0) is 36.8 Å². The third kappa shape index (κ3) is 3.51. The Morgan fingerprint density at radius 2 is 2.12 bits per heavy atom. The van der Waals surface area contributed by atoms with Crippen molar-refractivity contribution < 1.29 is 0 Å². The number of hydrazine groups is 1. The molecule has 3 N–H and O–H groups in total. The van der Waals surface area contributed by atoms with Crippen LogP contribution in [0.25, 0.3) is 0 Å². The molecule has 1 heterocycles. The Morgan fingerprint density at radius 1 is 1.35 bits per heavy atom. The molecule has 1 saturated carbocycles. The molecule has 1 unspecified atom stereocenters. The van der Waals surface area contributed by atoms with Crippen molar-refractivity contribution in [2.24, 2.45) is 17.7 Å². The van der Waals surface area contributed by atoms with E-state index in [1.54, 1.807) is 0 Å². The van der Waals surface area contributed by atoms with Crippen LogP contribution in [0, 0.1) is 11.8 Å². The average Bonchev–Trinajstić information content (AvgIpc) is 2.38. The van der Waals surface area contributed by atoms with E-state index in [2.05, 4.69) is 23.4 Å². The molecule has 94 valence electrons. The normalized spacial score (nSPS) is 26.7. The van der Waals surface area contributed by atoms with Gasteiger partial charge in [-0.1, -0.05) is 25.8 Å². The number of pyridine rings is 1. The zero-order valence-corrected chi connectivity index (χ0v) is 10.6. The molecule has 2 rings (SSSR count). The molecule has 1 aliphatic rings. The van der Waals surface area contributed by atoms with Crippen LogP contribution in [0.2, 0.25) is 0 Å². The first kappa shape index (κ1) is 12.5. The van der Waals surface area contributed by atoms with Crippen LogP contribution in [0.3, 0.4) is 0 Å². The van der Waals surface area contributed by atoms with Gasteiger partial charge in [0.1, 0.15) is 0 Å². The fourth-order valence-corrected chi connectivity index (χ4v) is 2.79. The first-order valence-corrected chi connectivity index (χ1v) is 6.65. The lowest BCUT2D eigenvalue weighted by Crippen LogP contribution is -2.43. The molecule has 0 saturated heterocycles. The maximum atomic E-state index is 5.71. The van der Waals surface area contributed by atoms with Crippen LogP contribution in [-0.2, 0) is 6.42 Å². The number of hydrogen-bond acceptors (Lipinski definition) is 3. The number of nitrogens with zero attached hydrogens (tertiary/aromatic N) is 1. The fourth-order valence-electron chi connectivity index (χ4n) is 2.79. The van der Waals surface area contributed by atoms with Gasteiger partial charge in [0.15, 0.2) is 0 Å². The van der Waals surface area contributed by atoms with Crippen molar-refractivity contribution in [2.75, 3.05) is 0 Å². The molecule has 0 aliphatic heterocycles. The van der Waals surface area contributed by atoms with Crippen LogP contribution in [0.4, 0.5) is 0 Å². The summed E-state index contributed by atoms with van der Waals surface area (Å²) < 4.78 is 0. The summed E-state index contributed by atoms with van der Waals surface area (Å²) in [5.41, 5.74) is 4.13. The SMILES string of the molecule is CC1CCC(C(Cc2ccccn2)NN)CC1. The monoisotopic (exact) mass is 233 g/mol. The maximum Gasteiger partial charge on any atom is 0.0419 e. The van der Waals surface area contributed by atoms with Gasteiger partial charge in [-0.25, -0.2) is 0 Å². The van der Waals surface area contributed by atoms with E-state index in [1.165, 1.54) is 25.7 Å². The molecule has 3 nitrogen and oxygen atoms in total. The maximum absolute atomic E-state index is 5.71. The Bertz CT molecular complexity index is 317. The van der Waals surface area contributed by atoms with Crippen LogP contribution in [-0.4, -0.2) is 11.0 Å². The Hall–Kier alpha value is -0.930. The molecule has 1 atom stereocenters. The molecule has 1 aromatic rings. The summed E-state index contributed by atoms with van der Waals surface area (Å²) in [6.45, 7) is 2.35. The third-order valence-electron chi connectivity index (χ3n) is 4.00. The predicted molar refractivity (Wildman–Crippen MR) is 70.2 cm³/mol. The molecule has 0 amide bonds. The van der Waals surface area contributed by atoms with E-state index in [9.17, 15) is 0 Å². The highest BCUT2D eigenvalue weighted by Crippen LogP contribution is 2.31. The minimum Gasteiger partial charge on any atom is -0.271 e. The number of aromatic nitrogens is 1. The van der Waals surface area contributed by atoms with Crippen molar-refractivity contribution in [3.8, 4) is 0 Å². The third-order valence-corrected chi connectivity index (χ3v) is 4.00. The van der Waals surface area contributed by atoms with Gasteiger partial charge in [0, 0.05) is 24.4 Å². The summed E-state index contributed by atoms with van der Waals surface area (Å²) in [5, 5.41) is 0. The molecule has 0 bridgehead atoms. The van der Waals surface area contributed by atoms with Crippen LogP contribution < -0.4 is 11.3 Å². The topological polar surface area (TPSA) is 50.9 Å².